The molecule has 0 atom stereocenters. The minimum absolute atomic E-state index is 0. The van der Waals surface area contributed by atoms with Crippen LogP contribution in [0, 0.1) is 6.92 Å². The number of nitrogens with zero attached hydrogens (tertiary/aromatic N) is 3. The second kappa shape index (κ2) is 7.33. The van der Waals surface area contributed by atoms with Crippen LogP contribution >= 0.6 is 51.5 Å². The number of hydrogen-bond donors (Lipinski definition) is 1. The Balaban J connectivity index is 0.00000182. The van der Waals surface area contributed by atoms with Crippen LogP contribution in [-0.4, -0.2) is 14.4 Å². The van der Waals surface area contributed by atoms with Crippen molar-refractivity contribution in [2.45, 2.75) is 6.92 Å². The van der Waals surface area contributed by atoms with Gasteiger partial charge in [-0.2, -0.15) is 0 Å². The van der Waals surface area contributed by atoms with E-state index in [9.17, 15) is 0 Å². The third-order valence-electron chi connectivity index (χ3n) is 3.62. The van der Waals surface area contributed by atoms with E-state index < -0.39 is 0 Å². The summed E-state index contributed by atoms with van der Waals surface area (Å²) >= 11 is 13.5. The maximum Gasteiger partial charge on any atom is 0.187 e. The summed E-state index contributed by atoms with van der Waals surface area (Å²) in [5, 5.41) is 7.10. The molecule has 0 radical (unpaired) electrons. The van der Waals surface area contributed by atoms with E-state index in [0.29, 0.717) is 10.0 Å². The molecule has 4 rings (SSSR count). The zero-order chi connectivity index (χ0) is 16.7. The number of aromatic nitrogens is 3. The monoisotopic (exact) mass is 454 g/mol. The summed E-state index contributed by atoms with van der Waals surface area (Å²) in [4.78, 5) is 9.26. The minimum Gasteiger partial charge on any atom is -0.331 e. The van der Waals surface area contributed by atoms with E-state index in [-0.39, 0.29) is 17.0 Å². The van der Waals surface area contributed by atoms with E-state index in [1.54, 1.807) is 12.1 Å². The Morgan fingerprint density at radius 3 is 2.72 bits per heavy atom. The van der Waals surface area contributed by atoms with Crippen LogP contribution in [0.3, 0.4) is 0 Å². The van der Waals surface area contributed by atoms with Gasteiger partial charge in [-0.15, -0.1) is 28.3 Å². The van der Waals surface area contributed by atoms with Crippen LogP contribution < -0.4 is 5.32 Å². The summed E-state index contributed by atoms with van der Waals surface area (Å²) in [6, 6.07) is 11.4. The predicted molar refractivity (Wildman–Crippen MR) is 111 cm³/mol. The molecule has 3 aromatic heterocycles. The number of benzene rings is 1. The van der Waals surface area contributed by atoms with Gasteiger partial charge in [-0.1, -0.05) is 29.3 Å². The molecule has 4 nitrogen and oxygen atoms in total. The number of nitrogens with one attached hydrogen (secondary N) is 1. The Kier molecular flexibility index (Phi) is 5.34. The molecule has 0 bridgehead atoms. The Morgan fingerprint density at radius 1 is 1.08 bits per heavy atom. The lowest BCUT2D eigenvalue weighted by atomic mass is 10.3. The van der Waals surface area contributed by atoms with E-state index in [1.165, 1.54) is 11.3 Å². The van der Waals surface area contributed by atoms with Crippen molar-refractivity contribution in [1.29, 1.82) is 0 Å². The highest BCUT2D eigenvalue weighted by Crippen LogP contribution is 2.31. The molecule has 1 aromatic carbocycles. The average molecular weight is 456 g/mol. The van der Waals surface area contributed by atoms with Gasteiger partial charge >= 0.3 is 0 Å². The van der Waals surface area contributed by atoms with Crippen LogP contribution in [0.4, 0.5) is 10.8 Å². The van der Waals surface area contributed by atoms with Crippen LogP contribution in [0.2, 0.25) is 10.0 Å². The van der Waals surface area contributed by atoms with Crippen LogP contribution in [0.1, 0.15) is 5.69 Å². The fraction of sp³-hybridized carbons (Fsp3) is 0.0588. The third kappa shape index (κ3) is 3.53. The van der Waals surface area contributed by atoms with Gasteiger partial charge in [-0.05, 0) is 37.3 Å². The lowest BCUT2D eigenvalue weighted by Gasteiger charge is -2.04. The van der Waals surface area contributed by atoms with Crippen molar-refractivity contribution in [2.24, 2.45) is 0 Å². The number of hydrogen-bond acceptors (Lipinski definition) is 4. The summed E-state index contributed by atoms with van der Waals surface area (Å²) in [6.07, 6.45) is 2.00. The van der Waals surface area contributed by atoms with E-state index in [1.807, 2.05) is 47.2 Å². The molecule has 0 aliphatic heterocycles. The van der Waals surface area contributed by atoms with Gasteiger partial charge in [0.05, 0.1) is 21.4 Å². The molecule has 4 aromatic rings. The maximum absolute atomic E-state index is 6.05. The normalized spacial score (nSPS) is 10.7. The van der Waals surface area contributed by atoms with Crippen molar-refractivity contribution in [2.75, 3.05) is 5.32 Å². The number of thiazole rings is 1. The highest BCUT2D eigenvalue weighted by atomic mass is 79.9. The molecule has 0 saturated carbocycles. The maximum atomic E-state index is 6.05. The predicted octanol–water partition coefficient (Wildman–Crippen LogP) is 6.39. The van der Waals surface area contributed by atoms with Gasteiger partial charge in [-0.3, -0.25) is 4.40 Å². The first-order valence-corrected chi connectivity index (χ1v) is 8.87. The van der Waals surface area contributed by atoms with Crippen molar-refractivity contribution in [3.63, 3.8) is 0 Å². The second-order valence-corrected chi connectivity index (χ2v) is 6.94. The fourth-order valence-electron chi connectivity index (χ4n) is 2.56. The summed E-state index contributed by atoms with van der Waals surface area (Å²) in [7, 11) is 0. The molecule has 0 unspecified atom stereocenters. The lowest BCUT2D eigenvalue weighted by Crippen LogP contribution is -1.92. The Labute approximate surface area is 169 Å². The summed E-state index contributed by atoms with van der Waals surface area (Å²) in [6.45, 7) is 1.99. The van der Waals surface area contributed by atoms with Crippen molar-refractivity contribution < 1.29 is 0 Å². The first-order chi connectivity index (χ1) is 11.6. The fourth-order valence-corrected chi connectivity index (χ4v) is 3.57. The summed E-state index contributed by atoms with van der Waals surface area (Å²) in [5.41, 5.74) is 4.60. The quantitative estimate of drug-likeness (QED) is 0.388. The molecule has 1 N–H and O–H groups in total. The highest BCUT2D eigenvalue weighted by Gasteiger charge is 2.14. The minimum atomic E-state index is 0. The number of anilines is 2. The van der Waals surface area contributed by atoms with Gasteiger partial charge in [0, 0.05) is 17.3 Å². The van der Waals surface area contributed by atoms with Crippen LogP contribution in [0.25, 0.3) is 17.0 Å². The first-order valence-electron chi connectivity index (χ1n) is 7.23. The van der Waals surface area contributed by atoms with E-state index in [0.717, 1.165) is 33.5 Å². The van der Waals surface area contributed by atoms with Crippen molar-refractivity contribution in [1.82, 2.24) is 14.4 Å². The molecule has 8 heteroatoms. The number of aryl methyl sites for hydroxylation is 1. The zero-order valence-electron chi connectivity index (χ0n) is 13.0. The third-order valence-corrected chi connectivity index (χ3v) is 5.12. The van der Waals surface area contributed by atoms with Gasteiger partial charge in [0.1, 0.15) is 11.3 Å². The standard InChI is InChI=1S/C17H12Cl2N4S.BrH/c1-10-16(23-7-3-2-4-15(23)20-10)14-9-24-17(22-14)21-11-5-6-12(18)13(19)8-11;/h2-9H,1H3,(H,21,22);1H. The summed E-state index contributed by atoms with van der Waals surface area (Å²) in [5.74, 6) is 0. The van der Waals surface area contributed by atoms with Gasteiger partial charge in [0.2, 0.25) is 0 Å². The van der Waals surface area contributed by atoms with E-state index in [4.69, 9.17) is 23.2 Å². The van der Waals surface area contributed by atoms with Gasteiger partial charge in [0.15, 0.2) is 5.13 Å². The molecule has 0 amide bonds. The lowest BCUT2D eigenvalue weighted by molar-refractivity contribution is 1.17. The smallest absolute Gasteiger partial charge is 0.187 e. The first kappa shape index (κ1) is 18.2. The number of imidazole rings is 1. The molecule has 0 spiro atoms. The highest BCUT2D eigenvalue weighted by molar-refractivity contribution is 8.93. The number of rotatable bonds is 3. The van der Waals surface area contributed by atoms with Gasteiger partial charge < -0.3 is 5.32 Å². The average Bonchev–Trinajstić information content (AvgIpc) is 3.14. The molecule has 0 aliphatic rings. The zero-order valence-corrected chi connectivity index (χ0v) is 17.1. The molecular formula is C17H13BrCl2N4S. The van der Waals surface area contributed by atoms with Crippen LogP contribution in [0.5, 0.6) is 0 Å². The van der Waals surface area contributed by atoms with Gasteiger partial charge in [0.25, 0.3) is 0 Å². The molecule has 25 heavy (non-hydrogen) atoms. The Morgan fingerprint density at radius 2 is 1.92 bits per heavy atom. The molecule has 0 fully saturated rings. The Hall–Kier alpha value is -1.60. The number of halogens is 3. The van der Waals surface area contributed by atoms with Gasteiger partial charge in [-0.25, -0.2) is 9.97 Å². The SMILES string of the molecule is Br.Cc1nc2ccccn2c1-c1csc(Nc2ccc(Cl)c(Cl)c2)n1. The number of fused-ring (bicyclic) bond motifs is 1. The molecule has 0 saturated heterocycles. The van der Waals surface area contributed by atoms with Crippen LogP contribution in [-0.2, 0) is 0 Å². The molecular weight excluding hydrogens is 443 g/mol. The largest absolute Gasteiger partial charge is 0.331 e. The van der Waals surface area contributed by atoms with Crippen molar-refractivity contribution >= 4 is 68.0 Å². The van der Waals surface area contributed by atoms with E-state index in [2.05, 4.69) is 15.3 Å². The topological polar surface area (TPSA) is 42.2 Å². The molecule has 0 aliphatic carbocycles. The summed E-state index contributed by atoms with van der Waals surface area (Å²) < 4.78 is 2.05. The Bertz CT molecular complexity index is 1040. The molecule has 128 valence electrons. The van der Waals surface area contributed by atoms with Crippen molar-refractivity contribution in [3.8, 4) is 11.4 Å². The number of pyridine rings is 1. The van der Waals surface area contributed by atoms with Crippen molar-refractivity contribution in [3.05, 3.63) is 63.7 Å². The van der Waals surface area contributed by atoms with E-state index >= 15 is 0 Å². The molecule has 3 heterocycles. The second-order valence-electron chi connectivity index (χ2n) is 5.27. The van der Waals surface area contributed by atoms with Crippen LogP contribution in [0.15, 0.2) is 48.0 Å².